The third-order valence-corrected chi connectivity index (χ3v) is 4.60. The van der Waals surface area contributed by atoms with Crippen molar-refractivity contribution < 1.29 is 19.1 Å². The number of carboxylic acids is 1. The largest absolute Gasteiger partial charge is 0.478 e. The fraction of sp³-hybridized carbons (Fsp3) is 0.368. The highest BCUT2D eigenvalue weighted by Crippen LogP contribution is 2.28. The normalized spacial score (nSPS) is 18.0. The highest BCUT2D eigenvalue weighted by Gasteiger charge is 2.23. The summed E-state index contributed by atoms with van der Waals surface area (Å²) in [6.07, 6.45) is 2.09. The molecule has 1 saturated heterocycles. The Hall–Kier alpha value is -2.60. The minimum atomic E-state index is -0.896. The van der Waals surface area contributed by atoms with Crippen LogP contribution in [0, 0.1) is 0 Å². The number of aromatic carboxylic acids is 1. The first-order valence-electron chi connectivity index (χ1n) is 8.43. The molecule has 6 heteroatoms. The lowest BCUT2D eigenvalue weighted by Gasteiger charge is -2.32. The molecule has 0 unspecified atom stereocenters. The van der Waals surface area contributed by atoms with Crippen LogP contribution in [-0.2, 0) is 6.54 Å². The van der Waals surface area contributed by atoms with E-state index in [-0.39, 0.29) is 5.91 Å². The number of carboxylic acid groups (broad SMARTS) is 1. The SMILES string of the molecule is CNC(=O)c1ccc(CN2CCC[C@H](c3cccc(C(=O)O)c3)C2)o1. The highest BCUT2D eigenvalue weighted by molar-refractivity contribution is 5.91. The fourth-order valence-corrected chi connectivity index (χ4v) is 3.33. The van der Waals surface area contributed by atoms with E-state index in [2.05, 4.69) is 10.2 Å². The van der Waals surface area contributed by atoms with Gasteiger partial charge < -0.3 is 14.8 Å². The van der Waals surface area contributed by atoms with Gasteiger partial charge in [0.15, 0.2) is 5.76 Å². The molecule has 2 heterocycles. The van der Waals surface area contributed by atoms with Crippen molar-refractivity contribution in [2.75, 3.05) is 20.1 Å². The van der Waals surface area contributed by atoms with E-state index >= 15 is 0 Å². The summed E-state index contributed by atoms with van der Waals surface area (Å²) in [6, 6.07) is 10.7. The molecule has 1 aromatic heterocycles. The van der Waals surface area contributed by atoms with Gasteiger partial charge in [0, 0.05) is 13.6 Å². The van der Waals surface area contributed by atoms with Crippen LogP contribution in [0.4, 0.5) is 0 Å². The molecule has 25 heavy (non-hydrogen) atoms. The van der Waals surface area contributed by atoms with E-state index in [1.54, 1.807) is 31.3 Å². The number of furan rings is 1. The van der Waals surface area contributed by atoms with Crippen molar-refractivity contribution in [3.8, 4) is 0 Å². The van der Waals surface area contributed by atoms with Gasteiger partial charge in [-0.2, -0.15) is 0 Å². The van der Waals surface area contributed by atoms with Crippen molar-refractivity contribution in [2.45, 2.75) is 25.3 Å². The van der Waals surface area contributed by atoms with E-state index in [0.717, 1.165) is 37.3 Å². The number of rotatable bonds is 5. The monoisotopic (exact) mass is 342 g/mol. The third-order valence-electron chi connectivity index (χ3n) is 4.60. The summed E-state index contributed by atoms with van der Waals surface area (Å²) >= 11 is 0. The van der Waals surface area contributed by atoms with Gasteiger partial charge in [-0.15, -0.1) is 0 Å². The molecule has 1 aliphatic heterocycles. The van der Waals surface area contributed by atoms with E-state index in [9.17, 15) is 9.59 Å². The molecule has 1 aliphatic rings. The molecule has 0 bridgehead atoms. The minimum Gasteiger partial charge on any atom is -0.478 e. The smallest absolute Gasteiger partial charge is 0.335 e. The van der Waals surface area contributed by atoms with Gasteiger partial charge in [0.25, 0.3) is 5.91 Å². The van der Waals surface area contributed by atoms with Crippen LogP contribution < -0.4 is 5.32 Å². The first kappa shape index (κ1) is 17.2. The van der Waals surface area contributed by atoms with E-state index in [0.29, 0.717) is 23.8 Å². The van der Waals surface area contributed by atoms with Crippen LogP contribution in [0.3, 0.4) is 0 Å². The standard InChI is InChI=1S/C19H22N2O4/c1-20-18(22)17-8-7-16(25-17)12-21-9-3-6-15(11-21)13-4-2-5-14(10-13)19(23)24/h2,4-5,7-8,10,15H,3,6,9,11-12H2,1H3,(H,20,22)(H,23,24)/t15-/m0/s1. The second kappa shape index (κ2) is 7.53. The Morgan fingerprint density at radius 2 is 2.16 bits per heavy atom. The summed E-state index contributed by atoms with van der Waals surface area (Å²) < 4.78 is 5.60. The molecule has 0 aliphatic carbocycles. The van der Waals surface area contributed by atoms with Gasteiger partial charge in [0.05, 0.1) is 12.1 Å². The maximum Gasteiger partial charge on any atom is 0.335 e. The van der Waals surface area contributed by atoms with Crippen LogP contribution >= 0.6 is 0 Å². The topological polar surface area (TPSA) is 82.8 Å². The number of amides is 1. The van der Waals surface area contributed by atoms with Crippen LogP contribution in [0.2, 0.25) is 0 Å². The Bertz CT molecular complexity index is 768. The maximum atomic E-state index is 11.6. The van der Waals surface area contributed by atoms with Crippen molar-refractivity contribution in [1.29, 1.82) is 0 Å². The lowest BCUT2D eigenvalue weighted by molar-refractivity contribution is 0.0696. The molecule has 6 nitrogen and oxygen atoms in total. The minimum absolute atomic E-state index is 0.228. The molecular weight excluding hydrogens is 320 g/mol. The Kier molecular flexibility index (Phi) is 5.19. The van der Waals surface area contributed by atoms with Crippen molar-refractivity contribution in [3.05, 3.63) is 59.0 Å². The van der Waals surface area contributed by atoms with Gasteiger partial charge in [-0.05, 0) is 55.1 Å². The van der Waals surface area contributed by atoms with Crippen molar-refractivity contribution in [3.63, 3.8) is 0 Å². The number of carbonyl (C=O) groups excluding carboxylic acids is 1. The van der Waals surface area contributed by atoms with Crippen LogP contribution in [0.1, 0.15) is 51.0 Å². The molecule has 2 N–H and O–H groups in total. The Labute approximate surface area is 146 Å². The molecule has 0 spiro atoms. The molecule has 0 radical (unpaired) electrons. The van der Waals surface area contributed by atoms with Gasteiger partial charge in [-0.3, -0.25) is 9.69 Å². The van der Waals surface area contributed by atoms with Crippen LogP contribution in [0.5, 0.6) is 0 Å². The zero-order valence-electron chi connectivity index (χ0n) is 14.2. The number of nitrogens with zero attached hydrogens (tertiary/aromatic N) is 1. The molecule has 1 amide bonds. The molecule has 1 atom stereocenters. The number of nitrogens with one attached hydrogen (secondary N) is 1. The summed E-state index contributed by atoms with van der Waals surface area (Å²) in [5, 5.41) is 11.7. The lowest BCUT2D eigenvalue weighted by Crippen LogP contribution is -2.33. The molecule has 2 aromatic rings. The number of likely N-dealkylation sites (tertiary alicyclic amines) is 1. The summed E-state index contributed by atoms with van der Waals surface area (Å²) in [7, 11) is 1.57. The third kappa shape index (κ3) is 4.09. The highest BCUT2D eigenvalue weighted by atomic mass is 16.4. The van der Waals surface area contributed by atoms with Gasteiger partial charge in [0.2, 0.25) is 0 Å². The summed E-state index contributed by atoms with van der Waals surface area (Å²) in [5.74, 6) is 0.264. The van der Waals surface area contributed by atoms with Crippen molar-refractivity contribution in [2.24, 2.45) is 0 Å². The molecule has 1 fully saturated rings. The fourth-order valence-electron chi connectivity index (χ4n) is 3.33. The summed E-state index contributed by atoms with van der Waals surface area (Å²) in [6.45, 7) is 2.45. The zero-order valence-corrected chi connectivity index (χ0v) is 14.2. The molecule has 0 saturated carbocycles. The molecular formula is C19H22N2O4. The number of piperidine rings is 1. The van der Waals surface area contributed by atoms with Gasteiger partial charge in [-0.25, -0.2) is 4.79 Å². The first-order chi connectivity index (χ1) is 12.1. The van der Waals surface area contributed by atoms with Crippen molar-refractivity contribution >= 4 is 11.9 Å². The summed E-state index contributed by atoms with van der Waals surface area (Å²) in [4.78, 5) is 25.0. The first-order valence-corrected chi connectivity index (χ1v) is 8.43. The Morgan fingerprint density at radius 3 is 2.92 bits per heavy atom. The van der Waals surface area contributed by atoms with Crippen LogP contribution in [-0.4, -0.2) is 42.0 Å². The van der Waals surface area contributed by atoms with Gasteiger partial charge in [0.1, 0.15) is 5.76 Å². The number of hydrogen-bond donors (Lipinski definition) is 2. The predicted octanol–water partition coefficient (Wildman–Crippen LogP) is 2.72. The lowest BCUT2D eigenvalue weighted by atomic mass is 9.89. The number of hydrogen-bond acceptors (Lipinski definition) is 4. The molecule has 1 aromatic carbocycles. The van der Waals surface area contributed by atoms with E-state index in [1.807, 2.05) is 12.1 Å². The van der Waals surface area contributed by atoms with E-state index in [4.69, 9.17) is 9.52 Å². The average molecular weight is 342 g/mol. The number of carbonyl (C=O) groups is 2. The maximum absolute atomic E-state index is 11.6. The van der Waals surface area contributed by atoms with Gasteiger partial charge in [-0.1, -0.05) is 12.1 Å². The summed E-state index contributed by atoms with van der Waals surface area (Å²) in [5.41, 5.74) is 1.39. The second-order valence-corrected chi connectivity index (χ2v) is 6.35. The quantitative estimate of drug-likeness (QED) is 0.873. The van der Waals surface area contributed by atoms with E-state index in [1.165, 1.54) is 0 Å². The van der Waals surface area contributed by atoms with Crippen molar-refractivity contribution in [1.82, 2.24) is 10.2 Å². The zero-order chi connectivity index (χ0) is 17.8. The Balaban J connectivity index is 1.67. The van der Waals surface area contributed by atoms with E-state index < -0.39 is 5.97 Å². The van der Waals surface area contributed by atoms with Crippen LogP contribution in [0.15, 0.2) is 40.8 Å². The predicted molar refractivity (Wildman–Crippen MR) is 92.8 cm³/mol. The van der Waals surface area contributed by atoms with Crippen LogP contribution in [0.25, 0.3) is 0 Å². The van der Waals surface area contributed by atoms with Gasteiger partial charge >= 0.3 is 5.97 Å². The average Bonchev–Trinajstić information content (AvgIpc) is 3.10. The molecule has 3 rings (SSSR count). The second-order valence-electron chi connectivity index (χ2n) is 6.35. The molecule has 132 valence electrons. The Morgan fingerprint density at radius 1 is 1.32 bits per heavy atom. The number of benzene rings is 1.